The van der Waals surface area contributed by atoms with Crippen LogP contribution in [0, 0.1) is 0 Å². The van der Waals surface area contributed by atoms with E-state index in [0.29, 0.717) is 16.0 Å². The van der Waals surface area contributed by atoms with Crippen molar-refractivity contribution in [3.63, 3.8) is 0 Å². The van der Waals surface area contributed by atoms with Crippen LogP contribution in [0.1, 0.15) is 55.2 Å². The summed E-state index contributed by atoms with van der Waals surface area (Å²) in [7, 11) is 0. The molecule has 29 heavy (non-hydrogen) atoms. The summed E-state index contributed by atoms with van der Waals surface area (Å²) in [6.07, 6.45) is 6.93. The minimum absolute atomic E-state index is 0.536. The van der Waals surface area contributed by atoms with E-state index in [1.54, 1.807) is 4.91 Å². The van der Waals surface area contributed by atoms with Crippen LogP contribution in [0.5, 0.6) is 0 Å². The van der Waals surface area contributed by atoms with Crippen molar-refractivity contribution >= 4 is 40.5 Å². The lowest BCUT2D eigenvalue weighted by Gasteiger charge is -2.31. The summed E-state index contributed by atoms with van der Waals surface area (Å²) in [5.74, 6) is 4.15. The molecule has 0 radical (unpaired) electrons. The Balaban J connectivity index is 1.21. The molecular formula is C22H26Cl2N4S. The summed E-state index contributed by atoms with van der Waals surface area (Å²) < 4.78 is 2.45. The van der Waals surface area contributed by atoms with Crippen molar-refractivity contribution in [2.24, 2.45) is 0 Å². The van der Waals surface area contributed by atoms with Gasteiger partial charge < -0.3 is 9.47 Å². The van der Waals surface area contributed by atoms with Gasteiger partial charge >= 0.3 is 0 Å². The molecule has 1 aromatic carbocycles. The highest BCUT2D eigenvalue weighted by Crippen LogP contribution is 2.42. The van der Waals surface area contributed by atoms with Gasteiger partial charge in [0.1, 0.15) is 5.82 Å². The van der Waals surface area contributed by atoms with E-state index in [0.717, 1.165) is 39.0 Å². The van der Waals surface area contributed by atoms with E-state index in [1.807, 2.05) is 23.9 Å². The molecule has 1 fully saturated rings. The molecule has 0 spiro atoms. The molecule has 0 bridgehead atoms. The van der Waals surface area contributed by atoms with Crippen LogP contribution in [-0.2, 0) is 13.0 Å². The third kappa shape index (κ3) is 4.12. The lowest BCUT2D eigenvalue weighted by Crippen LogP contribution is -2.35. The molecule has 0 unspecified atom stereocenters. The van der Waals surface area contributed by atoms with Crippen LogP contribution in [0.4, 0.5) is 0 Å². The maximum absolute atomic E-state index is 6.15. The summed E-state index contributed by atoms with van der Waals surface area (Å²) in [4.78, 5) is 4.13. The number of rotatable bonds is 4. The summed E-state index contributed by atoms with van der Waals surface area (Å²) in [5.41, 5.74) is 2.73. The number of hydrogen-bond acceptors (Lipinski definition) is 4. The first-order valence-corrected chi connectivity index (χ1v) is 12.4. The van der Waals surface area contributed by atoms with Crippen molar-refractivity contribution < 1.29 is 0 Å². The Kier molecular flexibility index (Phi) is 5.92. The molecule has 4 nitrogen and oxygen atoms in total. The van der Waals surface area contributed by atoms with Gasteiger partial charge in [0.2, 0.25) is 0 Å². The molecule has 4 heterocycles. The standard InChI is InChI=1S/C22H26Cl2N4S/c23-18-4-3-15(14-19(18)24)5-10-27-11-6-16(7-12-27)21-25-26-22-17-8-13-29-20(17)2-1-9-28(21)22/h3-4,14,16H,1-2,5-13H2. The normalized spacial score (nSPS) is 20.6. The van der Waals surface area contributed by atoms with Crippen LogP contribution in [-0.4, -0.2) is 45.1 Å². The number of likely N-dealkylation sites (tertiary alicyclic amines) is 1. The van der Waals surface area contributed by atoms with E-state index in [4.69, 9.17) is 23.2 Å². The number of aromatic nitrogens is 3. The van der Waals surface area contributed by atoms with Crippen LogP contribution in [0.2, 0.25) is 10.0 Å². The van der Waals surface area contributed by atoms with Crippen LogP contribution in [0.15, 0.2) is 23.1 Å². The molecule has 0 saturated carbocycles. The Morgan fingerprint density at radius 2 is 1.90 bits per heavy atom. The van der Waals surface area contributed by atoms with E-state index in [9.17, 15) is 0 Å². The van der Waals surface area contributed by atoms with Crippen molar-refractivity contribution in [3.05, 3.63) is 50.4 Å². The summed E-state index contributed by atoms with van der Waals surface area (Å²) >= 11 is 14.2. The van der Waals surface area contributed by atoms with Crippen LogP contribution < -0.4 is 0 Å². The molecule has 3 aliphatic heterocycles. The zero-order valence-corrected chi connectivity index (χ0v) is 18.9. The van der Waals surface area contributed by atoms with E-state index >= 15 is 0 Å². The second-order valence-electron chi connectivity index (χ2n) is 8.25. The number of benzene rings is 1. The predicted molar refractivity (Wildman–Crippen MR) is 122 cm³/mol. The third-order valence-corrected chi connectivity index (χ3v) is 8.40. The first-order valence-electron chi connectivity index (χ1n) is 10.6. The van der Waals surface area contributed by atoms with Gasteiger partial charge in [0, 0.05) is 30.3 Å². The van der Waals surface area contributed by atoms with E-state index in [2.05, 4.69) is 25.7 Å². The highest BCUT2D eigenvalue weighted by atomic mass is 35.5. The average molecular weight is 449 g/mol. The van der Waals surface area contributed by atoms with E-state index < -0.39 is 0 Å². The predicted octanol–water partition coefficient (Wildman–Crippen LogP) is 5.65. The molecule has 3 aliphatic rings. The fourth-order valence-electron chi connectivity index (χ4n) is 4.82. The summed E-state index contributed by atoms with van der Waals surface area (Å²) in [6.45, 7) is 4.38. The van der Waals surface area contributed by atoms with Crippen molar-refractivity contribution in [1.82, 2.24) is 19.7 Å². The first-order chi connectivity index (χ1) is 14.2. The van der Waals surface area contributed by atoms with Gasteiger partial charge in [-0.05, 0) is 74.2 Å². The molecular weight excluding hydrogens is 423 g/mol. The number of piperidine rings is 1. The fraction of sp³-hybridized carbons (Fsp3) is 0.545. The number of nitrogens with zero attached hydrogens (tertiary/aromatic N) is 4. The first kappa shape index (κ1) is 19.9. The molecule has 5 rings (SSSR count). The van der Waals surface area contributed by atoms with Crippen LogP contribution in [0.25, 0.3) is 5.57 Å². The number of allylic oxidation sites excluding steroid dienone is 2. The molecule has 0 aliphatic carbocycles. The molecule has 0 amide bonds. The molecule has 1 aromatic heterocycles. The van der Waals surface area contributed by atoms with Crippen LogP contribution >= 0.6 is 35.0 Å². The van der Waals surface area contributed by atoms with Gasteiger partial charge in [0.05, 0.1) is 10.0 Å². The molecule has 1 saturated heterocycles. The molecule has 0 N–H and O–H groups in total. The van der Waals surface area contributed by atoms with Crippen molar-refractivity contribution in [2.75, 3.05) is 25.4 Å². The van der Waals surface area contributed by atoms with Gasteiger partial charge in [0.25, 0.3) is 0 Å². The quantitative estimate of drug-likeness (QED) is 0.604. The van der Waals surface area contributed by atoms with Gasteiger partial charge in [-0.2, -0.15) is 0 Å². The average Bonchev–Trinajstić information content (AvgIpc) is 3.33. The molecule has 154 valence electrons. The Morgan fingerprint density at radius 3 is 2.72 bits per heavy atom. The topological polar surface area (TPSA) is 34.0 Å². The monoisotopic (exact) mass is 448 g/mol. The van der Waals surface area contributed by atoms with Gasteiger partial charge in [-0.15, -0.1) is 22.0 Å². The highest BCUT2D eigenvalue weighted by molar-refractivity contribution is 8.03. The van der Waals surface area contributed by atoms with Gasteiger partial charge in [-0.3, -0.25) is 0 Å². The number of fused-ring (bicyclic) bond motifs is 2. The Bertz CT molecular complexity index is 931. The van der Waals surface area contributed by atoms with Crippen molar-refractivity contribution in [1.29, 1.82) is 0 Å². The zero-order valence-electron chi connectivity index (χ0n) is 16.5. The Labute approximate surface area is 186 Å². The molecule has 2 aromatic rings. The van der Waals surface area contributed by atoms with Gasteiger partial charge in [-0.25, -0.2) is 0 Å². The Morgan fingerprint density at radius 1 is 1.03 bits per heavy atom. The molecule has 7 heteroatoms. The Hall–Kier alpha value is -1.01. The van der Waals surface area contributed by atoms with Gasteiger partial charge in [0.15, 0.2) is 5.82 Å². The number of hydrogen-bond donors (Lipinski definition) is 0. The lowest BCUT2D eigenvalue weighted by atomic mass is 9.95. The van der Waals surface area contributed by atoms with E-state index in [1.165, 1.54) is 54.2 Å². The number of thioether (sulfide) groups is 1. The second kappa shape index (κ2) is 8.62. The van der Waals surface area contributed by atoms with Crippen molar-refractivity contribution in [2.45, 2.75) is 51.0 Å². The third-order valence-electron chi connectivity index (χ3n) is 6.45. The highest BCUT2D eigenvalue weighted by Gasteiger charge is 2.30. The lowest BCUT2D eigenvalue weighted by molar-refractivity contribution is 0.209. The fourth-order valence-corrected chi connectivity index (χ4v) is 6.35. The summed E-state index contributed by atoms with van der Waals surface area (Å²) in [6, 6.07) is 5.97. The van der Waals surface area contributed by atoms with Crippen LogP contribution in [0.3, 0.4) is 0 Å². The van der Waals surface area contributed by atoms with E-state index in [-0.39, 0.29) is 0 Å². The SMILES string of the molecule is Clc1ccc(CCN2CCC(c3nnc4n3CCCC3=C4CCS3)CC2)cc1Cl. The second-order valence-corrected chi connectivity index (χ2v) is 10.3. The maximum Gasteiger partial charge on any atom is 0.160 e. The van der Waals surface area contributed by atoms with Crippen molar-refractivity contribution in [3.8, 4) is 0 Å². The maximum atomic E-state index is 6.15. The largest absolute Gasteiger partial charge is 0.311 e. The van der Waals surface area contributed by atoms with Gasteiger partial charge in [-0.1, -0.05) is 29.3 Å². The minimum Gasteiger partial charge on any atom is -0.311 e. The minimum atomic E-state index is 0.536. The smallest absolute Gasteiger partial charge is 0.160 e. The number of halogens is 2. The zero-order chi connectivity index (χ0) is 19.8. The summed E-state index contributed by atoms with van der Waals surface area (Å²) in [5, 5.41) is 10.6. The molecule has 0 atom stereocenters.